The Morgan fingerprint density at radius 3 is 2.33 bits per heavy atom. The van der Waals surface area contributed by atoms with Crippen molar-refractivity contribution in [3.8, 4) is 0 Å². The van der Waals surface area contributed by atoms with Crippen molar-refractivity contribution >= 4 is 23.6 Å². The smallest absolute Gasteiger partial charge is 0.330 e. The third kappa shape index (κ3) is 4.36. The molecule has 0 radical (unpaired) electrons. The van der Waals surface area contributed by atoms with E-state index in [1.54, 1.807) is 0 Å². The molecule has 0 bridgehead atoms. The summed E-state index contributed by atoms with van der Waals surface area (Å²) >= 11 is 0.379. The van der Waals surface area contributed by atoms with Crippen molar-refractivity contribution in [1.82, 2.24) is 4.72 Å². The first kappa shape index (κ1) is 17.3. The summed E-state index contributed by atoms with van der Waals surface area (Å²) < 4.78 is 60.4. The predicted octanol–water partition coefficient (Wildman–Crippen LogP) is 2.54. The molecule has 0 aliphatic rings. The standard InChI is InChI=1S/C12H12F4N2O2S/c1-2-6(19)20-5-3-4-18-21-12-9(15)7(13)11(17)8(14)10(12)16/h2,18H,1,3-5,17H2. The topological polar surface area (TPSA) is 64.3 Å². The molecular formula is C12H12F4N2O2S. The molecular weight excluding hydrogens is 312 g/mol. The molecule has 0 heterocycles. The van der Waals surface area contributed by atoms with E-state index in [2.05, 4.69) is 16.0 Å². The Morgan fingerprint density at radius 2 is 1.81 bits per heavy atom. The van der Waals surface area contributed by atoms with Crippen molar-refractivity contribution in [2.45, 2.75) is 11.3 Å². The van der Waals surface area contributed by atoms with Crippen LogP contribution in [0.3, 0.4) is 0 Å². The van der Waals surface area contributed by atoms with E-state index in [1.807, 2.05) is 0 Å². The number of hydrogen-bond acceptors (Lipinski definition) is 5. The van der Waals surface area contributed by atoms with Gasteiger partial charge in [0.25, 0.3) is 0 Å². The number of carbonyl (C=O) groups is 1. The molecule has 0 saturated heterocycles. The molecule has 0 fully saturated rings. The number of rotatable bonds is 7. The number of carbonyl (C=O) groups excluding carboxylic acids is 1. The Bertz CT molecular complexity index is 526. The van der Waals surface area contributed by atoms with Crippen LogP contribution >= 0.6 is 11.9 Å². The van der Waals surface area contributed by atoms with Crippen LogP contribution in [0.4, 0.5) is 23.2 Å². The number of anilines is 1. The highest BCUT2D eigenvalue weighted by atomic mass is 32.2. The Kier molecular flexibility index (Phi) is 6.50. The van der Waals surface area contributed by atoms with E-state index >= 15 is 0 Å². The van der Waals surface area contributed by atoms with Gasteiger partial charge < -0.3 is 10.5 Å². The number of nitrogens with one attached hydrogen (secondary N) is 1. The molecule has 0 unspecified atom stereocenters. The minimum atomic E-state index is -1.64. The third-order valence-electron chi connectivity index (χ3n) is 2.27. The van der Waals surface area contributed by atoms with Gasteiger partial charge in [-0.2, -0.15) is 0 Å². The van der Waals surface area contributed by atoms with Crippen LogP contribution < -0.4 is 10.5 Å². The van der Waals surface area contributed by atoms with Gasteiger partial charge in [-0.15, -0.1) is 0 Å². The SMILES string of the molecule is C=CC(=O)OCCCNSc1c(F)c(F)c(N)c(F)c1F. The molecule has 1 rings (SSSR count). The summed E-state index contributed by atoms with van der Waals surface area (Å²) in [6.45, 7) is 3.44. The lowest BCUT2D eigenvalue weighted by Crippen LogP contribution is -2.12. The second kappa shape index (κ2) is 7.89. The lowest BCUT2D eigenvalue weighted by molar-refractivity contribution is -0.137. The Hall–Kier alpha value is -1.74. The van der Waals surface area contributed by atoms with E-state index in [0.717, 1.165) is 6.08 Å². The largest absolute Gasteiger partial charge is 0.462 e. The van der Waals surface area contributed by atoms with E-state index in [9.17, 15) is 22.4 Å². The maximum atomic E-state index is 13.4. The highest BCUT2D eigenvalue weighted by Gasteiger charge is 2.24. The second-order valence-corrected chi connectivity index (χ2v) is 4.62. The fourth-order valence-electron chi connectivity index (χ4n) is 1.22. The normalized spacial score (nSPS) is 10.5. The van der Waals surface area contributed by atoms with Crippen LogP contribution in [0.5, 0.6) is 0 Å². The molecule has 0 aromatic heterocycles. The number of nitrogen functional groups attached to an aromatic ring is 1. The fraction of sp³-hybridized carbons (Fsp3) is 0.250. The summed E-state index contributed by atoms with van der Waals surface area (Å²) in [6.07, 6.45) is 1.32. The highest BCUT2D eigenvalue weighted by Crippen LogP contribution is 2.31. The summed E-state index contributed by atoms with van der Waals surface area (Å²) in [7, 11) is 0. The first-order valence-corrected chi connectivity index (χ1v) is 6.52. The lowest BCUT2D eigenvalue weighted by atomic mass is 10.2. The van der Waals surface area contributed by atoms with Gasteiger partial charge in [0.15, 0.2) is 23.3 Å². The number of hydrogen-bond donors (Lipinski definition) is 2. The van der Waals surface area contributed by atoms with E-state index < -0.39 is 39.8 Å². The van der Waals surface area contributed by atoms with Gasteiger partial charge in [-0.3, -0.25) is 4.72 Å². The lowest BCUT2D eigenvalue weighted by Gasteiger charge is -2.09. The van der Waals surface area contributed by atoms with Crippen LogP contribution in [0.2, 0.25) is 0 Å². The van der Waals surface area contributed by atoms with Gasteiger partial charge in [-0.25, -0.2) is 22.4 Å². The van der Waals surface area contributed by atoms with Gasteiger partial charge in [0.2, 0.25) is 0 Å². The number of ether oxygens (including phenoxy) is 1. The molecule has 116 valence electrons. The van der Waals surface area contributed by atoms with Crippen LogP contribution in [0.25, 0.3) is 0 Å². The first-order valence-electron chi connectivity index (χ1n) is 5.70. The van der Waals surface area contributed by atoms with Gasteiger partial charge in [-0.1, -0.05) is 6.58 Å². The summed E-state index contributed by atoms with van der Waals surface area (Å²) in [4.78, 5) is 9.84. The van der Waals surface area contributed by atoms with E-state index in [1.165, 1.54) is 0 Å². The summed E-state index contributed by atoms with van der Waals surface area (Å²) in [5.41, 5.74) is 3.67. The maximum absolute atomic E-state index is 13.4. The molecule has 21 heavy (non-hydrogen) atoms. The molecule has 3 N–H and O–H groups in total. The molecule has 0 amide bonds. The first-order chi connectivity index (χ1) is 9.90. The highest BCUT2D eigenvalue weighted by molar-refractivity contribution is 7.97. The van der Waals surface area contributed by atoms with Crippen molar-refractivity contribution in [2.24, 2.45) is 0 Å². The zero-order valence-corrected chi connectivity index (χ0v) is 11.5. The third-order valence-corrected chi connectivity index (χ3v) is 3.18. The van der Waals surface area contributed by atoms with Crippen molar-refractivity contribution in [1.29, 1.82) is 0 Å². The van der Waals surface area contributed by atoms with Crippen LogP contribution in [0.15, 0.2) is 17.6 Å². The zero-order valence-electron chi connectivity index (χ0n) is 10.7. The van der Waals surface area contributed by atoms with Gasteiger partial charge in [0.1, 0.15) is 10.6 Å². The Labute approximate surface area is 122 Å². The van der Waals surface area contributed by atoms with Gasteiger partial charge in [0, 0.05) is 12.6 Å². The maximum Gasteiger partial charge on any atom is 0.330 e. The molecule has 4 nitrogen and oxygen atoms in total. The predicted molar refractivity (Wildman–Crippen MR) is 70.3 cm³/mol. The average molecular weight is 324 g/mol. The van der Waals surface area contributed by atoms with Gasteiger partial charge >= 0.3 is 5.97 Å². The molecule has 0 saturated carbocycles. The summed E-state index contributed by atoms with van der Waals surface area (Å²) in [5.74, 6) is -7.01. The molecule has 1 aromatic rings. The second-order valence-electron chi connectivity index (χ2n) is 3.72. The quantitative estimate of drug-likeness (QED) is 0.153. The van der Waals surface area contributed by atoms with E-state index in [0.29, 0.717) is 18.4 Å². The summed E-state index contributed by atoms with van der Waals surface area (Å²) in [5, 5.41) is 0. The van der Waals surface area contributed by atoms with Crippen molar-refractivity contribution < 1.29 is 27.1 Å². The van der Waals surface area contributed by atoms with Crippen LogP contribution in [-0.2, 0) is 9.53 Å². The Morgan fingerprint density at radius 1 is 1.24 bits per heavy atom. The molecule has 0 aliphatic heterocycles. The molecule has 9 heteroatoms. The van der Waals surface area contributed by atoms with Crippen molar-refractivity contribution in [3.05, 3.63) is 35.9 Å². The summed E-state index contributed by atoms with van der Waals surface area (Å²) in [6, 6.07) is 0. The number of benzene rings is 1. The molecule has 0 aliphatic carbocycles. The zero-order chi connectivity index (χ0) is 16.0. The minimum absolute atomic E-state index is 0.0633. The number of halogens is 4. The van der Waals surface area contributed by atoms with Crippen LogP contribution in [0.1, 0.15) is 6.42 Å². The van der Waals surface area contributed by atoms with E-state index in [-0.39, 0.29) is 13.2 Å². The van der Waals surface area contributed by atoms with Crippen LogP contribution in [0, 0.1) is 23.3 Å². The van der Waals surface area contributed by atoms with Crippen molar-refractivity contribution in [3.63, 3.8) is 0 Å². The minimum Gasteiger partial charge on any atom is -0.462 e. The monoisotopic (exact) mass is 324 g/mol. The van der Waals surface area contributed by atoms with Crippen molar-refractivity contribution in [2.75, 3.05) is 18.9 Å². The number of esters is 1. The fourth-order valence-corrected chi connectivity index (χ4v) is 1.97. The Balaban J connectivity index is 2.53. The molecule has 0 spiro atoms. The van der Waals surface area contributed by atoms with Gasteiger partial charge in [0.05, 0.1) is 6.61 Å². The number of nitrogens with two attached hydrogens (primary N) is 1. The molecule has 1 aromatic carbocycles. The van der Waals surface area contributed by atoms with Gasteiger partial charge in [-0.05, 0) is 18.4 Å². The van der Waals surface area contributed by atoms with E-state index in [4.69, 9.17) is 5.73 Å². The average Bonchev–Trinajstić information content (AvgIpc) is 2.49. The molecule has 0 atom stereocenters. The van der Waals surface area contributed by atoms with Crippen LogP contribution in [-0.4, -0.2) is 19.1 Å².